The van der Waals surface area contributed by atoms with Gasteiger partial charge in [0.05, 0.1) is 5.02 Å². The first kappa shape index (κ1) is 22.7. The summed E-state index contributed by atoms with van der Waals surface area (Å²) in [6.07, 6.45) is 1.92. The molecule has 0 aliphatic heterocycles. The van der Waals surface area contributed by atoms with Gasteiger partial charge in [-0.05, 0) is 43.5 Å². The third-order valence-corrected chi connectivity index (χ3v) is 6.38. The van der Waals surface area contributed by atoms with E-state index >= 15 is 0 Å². The molecule has 0 unspecified atom stereocenters. The van der Waals surface area contributed by atoms with Crippen molar-refractivity contribution in [3.63, 3.8) is 0 Å². The van der Waals surface area contributed by atoms with Gasteiger partial charge in [-0.3, -0.25) is 4.79 Å². The monoisotopic (exact) mass is 442 g/mol. The molecule has 0 bridgehead atoms. The van der Waals surface area contributed by atoms with Gasteiger partial charge in [-0.15, -0.1) is 0 Å². The largest absolute Gasteiger partial charge is 0.352 e. The lowest BCUT2D eigenvalue weighted by Crippen LogP contribution is -2.50. The number of rotatable bonds is 9. The minimum absolute atomic E-state index is 0.0371. The number of carbonyl (C=O) groups is 1. The Balaban J connectivity index is 2.29. The number of nitrogens with one attached hydrogen (secondary N) is 2. The van der Waals surface area contributed by atoms with Crippen molar-refractivity contribution in [3.8, 4) is 0 Å². The molecule has 2 N–H and O–H groups in total. The molecular weight excluding hydrogens is 419 g/mol. The fraction of sp³-hybridized carbons (Fsp3) is 0.350. The van der Waals surface area contributed by atoms with Crippen molar-refractivity contribution >= 4 is 39.1 Å². The average molecular weight is 443 g/mol. The number of sulfonamides is 1. The first-order valence-electron chi connectivity index (χ1n) is 9.04. The zero-order chi connectivity index (χ0) is 20.7. The summed E-state index contributed by atoms with van der Waals surface area (Å²) in [5.74, 6) is -0.383. The number of benzene rings is 2. The zero-order valence-electron chi connectivity index (χ0n) is 15.8. The van der Waals surface area contributed by atoms with Crippen LogP contribution in [0.5, 0.6) is 0 Å². The molecule has 2 aromatic rings. The molecule has 0 radical (unpaired) electrons. The maximum Gasteiger partial charge on any atom is 0.242 e. The number of amides is 1. The second-order valence-corrected chi connectivity index (χ2v) is 9.16. The van der Waals surface area contributed by atoms with Crippen LogP contribution in [0.25, 0.3) is 0 Å². The molecule has 0 saturated carbocycles. The molecule has 152 valence electrons. The van der Waals surface area contributed by atoms with Crippen molar-refractivity contribution in [1.29, 1.82) is 0 Å². The standard InChI is InChI=1S/C20H24Cl2N2O3S/c1-3-7-14(2)23-20(25)18(12-15-8-5-4-6-9-15)24-28(26,27)19-13-16(21)10-11-17(19)22/h4-6,8-11,13-14,18,24H,3,7,12H2,1-2H3,(H,23,25)/t14-,18-/m1/s1. The normalized spacial score (nSPS) is 13.7. The molecule has 0 aliphatic rings. The van der Waals surface area contributed by atoms with Crippen LogP contribution in [0.15, 0.2) is 53.4 Å². The van der Waals surface area contributed by atoms with Crippen molar-refractivity contribution in [1.82, 2.24) is 10.0 Å². The van der Waals surface area contributed by atoms with Gasteiger partial charge >= 0.3 is 0 Å². The lowest BCUT2D eigenvalue weighted by molar-refractivity contribution is -0.123. The summed E-state index contributed by atoms with van der Waals surface area (Å²) >= 11 is 12.0. The van der Waals surface area contributed by atoms with E-state index in [1.165, 1.54) is 18.2 Å². The molecule has 2 aromatic carbocycles. The molecular formula is C20H24Cl2N2O3S. The molecule has 0 fully saturated rings. The van der Waals surface area contributed by atoms with E-state index in [1.807, 2.05) is 44.2 Å². The van der Waals surface area contributed by atoms with E-state index in [4.69, 9.17) is 23.2 Å². The topological polar surface area (TPSA) is 75.3 Å². The Hall–Kier alpha value is -1.60. The van der Waals surface area contributed by atoms with E-state index in [-0.39, 0.29) is 33.3 Å². The quantitative estimate of drug-likeness (QED) is 0.611. The van der Waals surface area contributed by atoms with E-state index in [0.717, 1.165) is 18.4 Å². The molecule has 0 aliphatic carbocycles. The molecule has 5 nitrogen and oxygen atoms in total. The smallest absolute Gasteiger partial charge is 0.242 e. The summed E-state index contributed by atoms with van der Waals surface area (Å²) in [4.78, 5) is 12.6. The van der Waals surface area contributed by atoms with E-state index in [2.05, 4.69) is 10.0 Å². The van der Waals surface area contributed by atoms with Crippen molar-refractivity contribution in [3.05, 3.63) is 64.1 Å². The minimum atomic E-state index is -4.05. The summed E-state index contributed by atoms with van der Waals surface area (Å²) in [5, 5.41) is 3.15. The molecule has 0 heterocycles. The van der Waals surface area contributed by atoms with Crippen molar-refractivity contribution < 1.29 is 13.2 Å². The van der Waals surface area contributed by atoms with Crippen LogP contribution in [0.4, 0.5) is 0 Å². The highest BCUT2D eigenvalue weighted by atomic mass is 35.5. The molecule has 1 amide bonds. The first-order chi connectivity index (χ1) is 13.2. The van der Waals surface area contributed by atoms with Crippen LogP contribution in [-0.4, -0.2) is 26.4 Å². The molecule has 8 heteroatoms. The third kappa shape index (κ3) is 6.48. The Labute approximate surface area is 176 Å². The summed E-state index contributed by atoms with van der Waals surface area (Å²) in [7, 11) is -4.05. The van der Waals surface area contributed by atoms with Crippen molar-refractivity contribution in [2.75, 3.05) is 0 Å². The van der Waals surface area contributed by atoms with Crippen LogP contribution in [0.3, 0.4) is 0 Å². The van der Waals surface area contributed by atoms with E-state index in [1.54, 1.807) is 0 Å². The highest BCUT2D eigenvalue weighted by Gasteiger charge is 2.28. The lowest BCUT2D eigenvalue weighted by atomic mass is 10.1. The second-order valence-electron chi connectivity index (χ2n) is 6.64. The van der Waals surface area contributed by atoms with Crippen molar-refractivity contribution in [2.45, 2.75) is 50.1 Å². The predicted octanol–water partition coefficient (Wildman–Crippen LogP) is 4.19. The van der Waals surface area contributed by atoms with Gasteiger partial charge in [0.1, 0.15) is 10.9 Å². The zero-order valence-corrected chi connectivity index (χ0v) is 18.1. The van der Waals surface area contributed by atoms with Gasteiger partial charge in [0.2, 0.25) is 15.9 Å². The van der Waals surface area contributed by atoms with Crippen LogP contribution in [0.2, 0.25) is 10.0 Å². The Morgan fingerprint density at radius 2 is 1.79 bits per heavy atom. The SMILES string of the molecule is CCC[C@@H](C)NC(=O)[C@@H](Cc1ccccc1)NS(=O)(=O)c1cc(Cl)ccc1Cl. The van der Waals surface area contributed by atoms with Crippen LogP contribution in [0.1, 0.15) is 32.3 Å². The Morgan fingerprint density at radius 3 is 2.43 bits per heavy atom. The lowest BCUT2D eigenvalue weighted by Gasteiger charge is -2.22. The van der Waals surface area contributed by atoms with Gasteiger partial charge in [-0.25, -0.2) is 8.42 Å². The van der Waals surface area contributed by atoms with Crippen LogP contribution in [-0.2, 0) is 21.2 Å². The second kappa shape index (κ2) is 10.3. The molecule has 2 atom stereocenters. The molecule has 0 saturated heterocycles. The van der Waals surface area contributed by atoms with Crippen LogP contribution in [0, 0.1) is 0 Å². The first-order valence-corrected chi connectivity index (χ1v) is 11.3. The van der Waals surface area contributed by atoms with E-state index < -0.39 is 16.1 Å². The molecule has 0 aromatic heterocycles. The third-order valence-electron chi connectivity index (χ3n) is 4.19. The summed E-state index contributed by atoms with van der Waals surface area (Å²) in [6, 6.07) is 12.4. The van der Waals surface area contributed by atoms with Gasteiger partial charge in [0.15, 0.2) is 0 Å². The number of hydrogen-bond donors (Lipinski definition) is 2. The predicted molar refractivity (Wildman–Crippen MR) is 113 cm³/mol. The molecule has 28 heavy (non-hydrogen) atoms. The maximum atomic E-state index is 12.9. The van der Waals surface area contributed by atoms with Crippen molar-refractivity contribution in [2.24, 2.45) is 0 Å². The summed E-state index contributed by atoms with van der Waals surface area (Å²) in [5.41, 5.74) is 0.839. The summed E-state index contributed by atoms with van der Waals surface area (Å²) < 4.78 is 28.3. The number of halogens is 2. The maximum absolute atomic E-state index is 12.9. The van der Waals surface area contributed by atoms with Gasteiger partial charge in [0, 0.05) is 11.1 Å². The van der Waals surface area contributed by atoms with E-state index in [9.17, 15) is 13.2 Å². The minimum Gasteiger partial charge on any atom is -0.352 e. The fourth-order valence-electron chi connectivity index (χ4n) is 2.82. The molecule has 2 rings (SSSR count). The van der Waals surface area contributed by atoms with Gasteiger partial charge in [-0.1, -0.05) is 66.9 Å². The fourth-order valence-corrected chi connectivity index (χ4v) is 4.78. The van der Waals surface area contributed by atoms with E-state index in [0.29, 0.717) is 0 Å². The number of hydrogen-bond acceptors (Lipinski definition) is 3. The summed E-state index contributed by atoms with van der Waals surface area (Å²) in [6.45, 7) is 3.91. The highest BCUT2D eigenvalue weighted by molar-refractivity contribution is 7.89. The van der Waals surface area contributed by atoms with Crippen LogP contribution < -0.4 is 10.0 Å². The van der Waals surface area contributed by atoms with Gasteiger partial charge < -0.3 is 5.32 Å². The van der Waals surface area contributed by atoms with Gasteiger partial charge in [0.25, 0.3) is 0 Å². The van der Waals surface area contributed by atoms with Crippen LogP contribution >= 0.6 is 23.2 Å². The average Bonchev–Trinajstić information content (AvgIpc) is 2.64. The Kier molecular flexibility index (Phi) is 8.31. The van der Waals surface area contributed by atoms with Gasteiger partial charge in [-0.2, -0.15) is 4.72 Å². The molecule has 0 spiro atoms. The number of carbonyl (C=O) groups excluding carboxylic acids is 1. The highest BCUT2D eigenvalue weighted by Crippen LogP contribution is 2.25. The Morgan fingerprint density at radius 1 is 1.11 bits per heavy atom. The Bertz CT molecular complexity index is 905.